The van der Waals surface area contributed by atoms with Crippen LogP contribution in [-0.2, 0) is 10.8 Å². The van der Waals surface area contributed by atoms with E-state index in [2.05, 4.69) is 44.8 Å². The molecule has 0 radical (unpaired) electrons. The van der Waals surface area contributed by atoms with Gasteiger partial charge in [-0.15, -0.1) is 10.2 Å². The second-order valence-electron chi connectivity index (χ2n) is 11.7. The molecule has 39 heavy (non-hydrogen) atoms. The summed E-state index contributed by atoms with van der Waals surface area (Å²) in [7, 11) is 0. The van der Waals surface area contributed by atoms with Crippen molar-refractivity contribution in [3.63, 3.8) is 0 Å². The Morgan fingerprint density at radius 3 is 1.95 bits per heavy atom. The first-order valence-electron chi connectivity index (χ1n) is 12.4. The molecule has 0 aromatic heterocycles. The molecule has 0 heterocycles. The number of hydrogen-bond donors (Lipinski definition) is 1. The molecule has 0 atom stereocenters. The minimum atomic E-state index is -1.75. The van der Waals surface area contributed by atoms with Crippen LogP contribution in [0, 0.1) is 21.3 Å². The number of nitro groups is 1. The fourth-order valence-electron chi connectivity index (χ4n) is 4.84. The Kier molecular flexibility index (Phi) is 10.0. The highest BCUT2D eigenvalue weighted by Gasteiger charge is 2.33. The molecule has 0 fully saturated rings. The van der Waals surface area contributed by atoms with E-state index in [-0.39, 0.29) is 28.0 Å². The zero-order valence-electron chi connectivity index (χ0n) is 23.4. The summed E-state index contributed by atoms with van der Waals surface area (Å²) in [5.74, 6) is -0.783. The van der Waals surface area contributed by atoms with Gasteiger partial charge in [0, 0.05) is 11.0 Å². The number of nitrogens with zero attached hydrogens (tertiary/aromatic N) is 3. The van der Waals surface area contributed by atoms with Crippen molar-refractivity contribution >= 4 is 17.1 Å². The van der Waals surface area contributed by atoms with E-state index in [4.69, 9.17) is 0 Å². The third kappa shape index (κ3) is 8.12. The first-order chi connectivity index (χ1) is 18.0. The van der Waals surface area contributed by atoms with Gasteiger partial charge in [-0.2, -0.15) is 0 Å². The Morgan fingerprint density at radius 1 is 0.846 bits per heavy atom. The maximum atomic E-state index is 13.6. The highest BCUT2D eigenvalue weighted by Crippen LogP contribution is 2.47. The van der Waals surface area contributed by atoms with Crippen LogP contribution in [0.5, 0.6) is 5.75 Å². The van der Waals surface area contributed by atoms with Crippen LogP contribution in [0.4, 0.5) is 30.2 Å². The summed E-state index contributed by atoms with van der Waals surface area (Å²) in [5.41, 5.74) is 1.50. The topological polar surface area (TPSA) is 88.1 Å². The third-order valence-corrected chi connectivity index (χ3v) is 6.41. The molecule has 3 aromatic carbocycles. The van der Waals surface area contributed by atoms with Gasteiger partial charge < -0.3 is 5.11 Å². The highest BCUT2D eigenvalue weighted by atomic mass is 19.3. The van der Waals surface area contributed by atoms with Crippen molar-refractivity contribution in [1.29, 1.82) is 0 Å². The van der Waals surface area contributed by atoms with Crippen LogP contribution in [-0.4, -0.2) is 17.0 Å². The predicted octanol–water partition coefficient (Wildman–Crippen LogP) is 9.78. The number of phenols is 1. The van der Waals surface area contributed by atoms with Crippen molar-refractivity contribution in [1.82, 2.24) is 0 Å². The summed E-state index contributed by atoms with van der Waals surface area (Å²) in [6.07, 6.45) is 0.871. The molecule has 6 nitrogen and oxygen atoms in total. The van der Waals surface area contributed by atoms with Gasteiger partial charge in [0.25, 0.3) is 5.69 Å². The van der Waals surface area contributed by atoms with E-state index in [1.807, 2.05) is 50.2 Å². The fourth-order valence-corrected chi connectivity index (χ4v) is 4.84. The van der Waals surface area contributed by atoms with Crippen molar-refractivity contribution in [2.24, 2.45) is 15.6 Å². The lowest BCUT2D eigenvalue weighted by atomic mass is 9.70. The quantitative estimate of drug-likeness (QED) is 0.183. The number of hydrogen-bond acceptors (Lipinski definition) is 5. The largest absolute Gasteiger partial charge is 0.505 e. The summed E-state index contributed by atoms with van der Waals surface area (Å²) in [6, 6.07) is 16.8. The van der Waals surface area contributed by atoms with E-state index in [1.54, 1.807) is 6.07 Å². The smallest absolute Gasteiger partial charge is 0.299 e. The van der Waals surface area contributed by atoms with Crippen LogP contribution in [0.2, 0.25) is 0 Å². The van der Waals surface area contributed by atoms with E-state index in [0.29, 0.717) is 5.56 Å². The van der Waals surface area contributed by atoms with Crippen LogP contribution in [0.1, 0.15) is 71.6 Å². The highest BCUT2D eigenvalue weighted by molar-refractivity contribution is 5.63. The molecule has 0 aliphatic rings. The second-order valence-corrected chi connectivity index (χ2v) is 11.7. The minimum Gasteiger partial charge on any atom is -0.505 e. The Bertz CT molecular complexity index is 1320. The summed E-state index contributed by atoms with van der Waals surface area (Å²) in [4.78, 5) is 10.7. The molecule has 0 aliphatic carbocycles. The molecular formula is C30H36F3N3O3. The maximum absolute atomic E-state index is 13.6. The summed E-state index contributed by atoms with van der Waals surface area (Å²) >= 11 is 0. The Balaban J connectivity index is 0.00000170. The van der Waals surface area contributed by atoms with Crippen LogP contribution in [0.25, 0.3) is 0 Å². The average molecular weight is 544 g/mol. The van der Waals surface area contributed by atoms with Crippen molar-refractivity contribution < 1.29 is 23.2 Å². The van der Waals surface area contributed by atoms with E-state index < -0.39 is 28.8 Å². The first-order valence-corrected chi connectivity index (χ1v) is 12.4. The number of nitro benzene ring substituents is 1. The summed E-state index contributed by atoms with van der Waals surface area (Å²) in [6.45, 7) is 13.1. The number of halogens is 3. The van der Waals surface area contributed by atoms with Gasteiger partial charge in [-0.25, -0.2) is 13.2 Å². The molecule has 0 spiro atoms. The molecule has 1 N–H and O–H groups in total. The first kappa shape index (κ1) is 31.5. The van der Waals surface area contributed by atoms with Crippen molar-refractivity contribution in [2.45, 2.75) is 65.7 Å². The molecular weight excluding hydrogens is 507 g/mol. The van der Waals surface area contributed by atoms with E-state index in [9.17, 15) is 28.4 Å². The van der Waals surface area contributed by atoms with Gasteiger partial charge in [-0.3, -0.25) is 10.1 Å². The Labute approximate surface area is 227 Å². The predicted molar refractivity (Wildman–Crippen MR) is 148 cm³/mol. The normalized spacial score (nSPS) is 12.3. The van der Waals surface area contributed by atoms with Crippen LogP contribution in [0.15, 0.2) is 70.9 Å². The molecule has 210 valence electrons. The molecule has 0 unspecified atom stereocenters. The Morgan fingerprint density at radius 2 is 1.41 bits per heavy atom. The lowest BCUT2D eigenvalue weighted by Gasteiger charge is -2.35. The molecule has 0 saturated heterocycles. The number of aromatic hydroxyl groups is 1. The van der Waals surface area contributed by atoms with Gasteiger partial charge in [0.15, 0.2) is 5.69 Å². The zero-order valence-corrected chi connectivity index (χ0v) is 23.4. The van der Waals surface area contributed by atoms with Gasteiger partial charge in [0.1, 0.15) is 17.3 Å². The lowest BCUT2D eigenvalue weighted by Crippen LogP contribution is -2.26. The molecule has 3 aromatic rings. The van der Waals surface area contributed by atoms with Crippen LogP contribution < -0.4 is 0 Å². The minimum absolute atomic E-state index is 0.0484. The molecule has 0 aliphatic heterocycles. The Hall–Kier alpha value is -3.75. The van der Waals surface area contributed by atoms with Gasteiger partial charge in [-0.1, -0.05) is 84.9 Å². The monoisotopic (exact) mass is 543 g/mol. The summed E-state index contributed by atoms with van der Waals surface area (Å²) in [5, 5.41) is 31.0. The van der Waals surface area contributed by atoms with Crippen molar-refractivity contribution in [3.05, 3.63) is 93.3 Å². The number of phenolic OH excluding ortho intramolecular Hbond substituents is 1. The zero-order chi connectivity index (χ0) is 29.6. The van der Waals surface area contributed by atoms with E-state index in [1.165, 1.54) is 6.07 Å². The van der Waals surface area contributed by atoms with Crippen LogP contribution >= 0.6 is 0 Å². The maximum Gasteiger partial charge on any atom is 0.299 e. The number of benzene rings is 3. The SMILES string of the molecule is CC(C)(C)CC(C)(C)c1cc(N=Nc2ccc(F)cc2[N+](=O)[O-])c(O)c(C(C)(C)c2ccccc2)c1.FCF. The van der Waals surface area contributed by atoms with Crippen molar-refractivity contribution in [2.75, 3.05) is 6.93 Å². The lowest BCUT2D eigenvalue weighted by molar-refractivity contribution is -0.384. The molecule has 9 heteroatoms. The van der Waals surface area contributed by atoms with E-state index >= 15 is 0 Å². The van der Waals surface area contributed by atoms with Crippen LogP contribution in [0.3, 0.4) is 0 Å². The number of azo groups is 1. The number of alkyl halides is 2. The van der Waals surface area contributed by atoms with Gasteiger partial charge >= 0.3 is 0 Å². The van der Waals surface area contributed by atoms with Gasteiger partial charge in [0.05, 0.1) is 11.0 Å². The van der Waals surface area contributed by atoms with E-state index in [0.717, 1.165) is 29.7 Å². The molecule has 0 bridgehead atoms. The average Bonchev–Trinajstić information content (AvgIpc) is 2.83. The molecule has 0 amide bonds. The standard InChI is InChI=1S/C29H34FN3O3.CH2F2/c1-27(2,3)18-28(4,5)20-15-22(29(6,7)19-11-9-8-10-12-19)26(34)24(16-20)32-31-23-14-13-21(30)17-25(23)33(35)36;2-1-3/h8-17,34H,18H2,1-7H3;1H2. The van der Waals surface area contributed by atoms with Gasteiger partial charge in [-0.05, 0) is 46.6 Å². The fraction of sp³-hybridized carbons (Fsp3) is 0.400. The molecule has 0 saturated carbocycles. The second kappa shape index (κ2) is 12.4. The van der Waals surface area contributed by atoms with Gasteiger partial charge in [0.2, 0.25) is 6.93 Å². The number of rotatable bonds is 7. The summed E-state index contributed by atoms with van der Waals surface area (Å²) < 4.78 is 32.8. The van der Waals surface area contributed by atoms with Crippen molar-refractivity contribution in [3.8, 4) is 5.75 Å². The molecule has 3 rings (SSSR count). The third-order valence-electron chi connectivity index (χ3n) is 6.41.